The van der Waals surface area contributed by atoms with Gasteiger partial charge in [0.2, 0.25) is 0 Å². The monoisotopic (exact) mass is 356 g/mol. The maximum atomic E-state index is 14.0. The van der Waals surface area contributed by atoms with Gasteiger partial charge in [0.05, 0.1) is 18.8 Å². The van der Waals surface area contributed by atoms with Crippen molar-refractivity contribution in [2.45, 2.75) is 6.04 Å². The Hall–Kier alpha value is -1.66. The maximum Gasteiger partial charge on any atom is 0.146 e. The smallest absolute Gasteiger partial charge is 0.146 e. The Morgan fingerprint density at radius 3 is 2.57 bits per heavy atom. The summed E-state index contributed by atoms with van der Waals surface area (Å²) in [5.41, 5.74) is 6.28. The zero-order valence-electron chi connectivity index (χ0n) is 11.4. The minimum absolute atomic E-state index is 0.120. The molecule has 2 aromatic rings. The molecule has 0 saturated carbocycles. The van der Waals surface area contributed by atoms with Crippen LogP contribution in [0, 0.1) is 11.6 Å². The lowest BCUT2D eigenvalue weighted by Gasteiger charge is -2.20. The third kappa shape index (κ3) is 3.71. The third-order valence-electron chi connectivity index (χ3n) is 3.08. The fraction of sp³-hybridized carbons (Fsp3) is 0.200. The lowest BCUT2D eigenvalue weighted by atomic mass is 10.1. The van der Waals surface area contributed by atoms with Gasteiger partial charge in [0.15, 0.2) is 0 Å². The van der Waals surface area contributed by atoms with Crippen LogP contribution in [0.25, 0.3) is 0 Å². The maximum absolute atomic E-state index is 14.0. The van der Waals surface area contributed by atoms with Crippen LogP contribution in [0.5, 0.6) is 5.75 Å². The van der Waals surface area contributed by atoms with Crippen molar-refractivity contribution in [2.75, 3.05) is 19.0 Å². The second-order valence-corrected chi connectivity index (χ2v) is 5.36. The molecule has 0 heterocycles. The number of hydrogen-bond donors (Lipinski definition) is 2. The summed E-state index contributed by atoms with van der Waals surface area (Å²) in [6, 6.07) is 8.44. The molecule has 21 heavy (non-hydrogen) atoms. The van der Waals surface area contributed by atoms with Crippen molar-refractivity contribution in [3.05, 3.63) is 58.1 Å². The van der Waals surface area contributed by atoms with E-state index in [2.05, 4.69) is 21.2 Å². The number of methoxy groups -OCH3 is 1. The zero-order chi connectivity index (χ0) is 15.4. The lowest BCUT2D eigenvalue weighted by molar-refractivity contribution is 0.414. The molecule has 0 spiro atoms. The molecule has 3 nitrogen and oxygen atoms in total. The highest BCUT2D eigenvalue weighted by molar-refractivity contribution is 9.10. The highest BCUT2D eigenvalue weighted by Crippen LogP contribution is 2.27. The molecular formula is C15H15BrF2N2O. The summed E-state index contributed by atoms with van der Waals surface area (Å²) in [7, 11) is 1.49. The Labute approximate surface area is 130 Å². The largest absolute Gasteiger partial charge is 0.497 e. The van der Waals surface area contributed by atoms with Crippen LogP contribution in [0.2, 0.25) is 0 Å². The van der Waals surface area contributed by atoms with Gasteiger partial charge >= 0.3 is 0 Å². The number of anilines is 1. The molecule has 0 saturated heterocycles. The van der Waals surface area contributed by atoms with E-state index < -0.39 is 17.7 Å². The molecule has 3 N–H and O–H groups in total. The van der Waals surface area contributed by atoms with Gasteiger partial charge in [-0.3, -0.25) is 0 Å². The first-order valence-corrected chi connectivity index (χ1v) is 7.09. The van der Waals surface area contributed by atoms with Crippen molar-refractivity contribution >= 4 is 21.6 Å². The summed E-state index contributed by atoms with van der Waals surface area (Å²) in [5, 5.41) is 2.91. The van der Waals surface area contributed by atoms with Crippen LogP contribution in [0.4, 0.5) is 14.5 Å². The van der Waals surface area contributed by atoms with Gasteiger partial charge in [-0.05, 0) is 24.3 Å². The van der Waals surface area contributed by atoms with Crippen LogP contribution in [0.3, 0.4) is 0 Å². The molecule has 112 valence electrons. The van der Waals surface area contributed by atoms with Crippen LogP contribution in [0.15, 0.2) is 40.9 Å². The van der Waals surface area contributed by atoms with E-state index in [-0.39, 0.29) is 12.2 Å². The first kappa shape index (κ1) is 15.7. The molecule has 0 fully saturated rings. The van der Waals surface area contributed by atoms with E-state index in [1.807, 2.05) is 0 Å². The van der Waals surface area contributed by atoms with Gasteiger partial charge in [-0.25, -0.2) is 8.78 Å². The van der Waals surface area contributed by atoms with Crippen LogP contribution in [0.1, 0.15) is 11.6 Å². The van der Waals surface area contributed by atoms with E-state index in [1.54, 1.807) is 12.1 Å². The van der Waals surface area contributed by atoms with Gasteiger partial charge in [-0.1, -0.05) is 22.0 Å². The molecule has 0 bridgehead atoms. The van der Waals surface area contributed by atoms with E-state index in [0.29, 0.717) is 15.8 Å². The predicted molar refractivity (Wildman–Crippen MR) is 82.5 cm³/mol. The summed E-state index contributed by atoms with van der Waals surface area (Å²) >= 11 is 3.20. The number of benzene rings is 2. The molecule has 2 rings (SSSR count). The number of hydrogen-bond acceptors (Lipinski definition) is 3. The predicted octanol–water partition coefficient (Wildman–Crippen LogP) is 3.85. The SMILES string of the molecule is COc1ccc(F)c(NC(CN)c2ccc(Br)cc2F)c1. The molecule has 0 aliphatic rings. The summed E-state index contributed by atoms with van der Waals surface area (Å²) in [6.45, 7) is 0.120. The van der Waals surface area contributed by atoms with Crippen molar-refractivity contribution in [2.24, 2.45) is 5.73 Å². The molecule has 2 aromatic carbocycles. The second kappa shape index (κ2) is 6.87. The molecule has 6 heteroatoms. The van der Waals surface area contributed by atoms with E-state index in [4.69, 9.17) is 10.5 Å². The number of nitrogens with one attached hydrogen (secondary N) is 1. The summed E-state index contributed by atoms with van der Waals surface area (Å²) in [6.07, 6.45) is 0. The Morgan fingerprint density at radius 1 is 1.19 bits per heavy atom. The fourth-order valence-electron chi connectivity index (χ4n) is 1.98. The van der Waals surface area contributed by atoms with Crippen molar-refractivity contribution in [3.8, 4) is 5.75 Å². The standard InChI is InChI=1S/C15H15BrF2N2O/c1-21-10-3-5-12(17)14(7-10)20-15(8-19)11-4-2-9(16)6-13(11)18/h2-7,15,20H,8,19H2,1H3. The quantitative estimate of drug-likeness (QED) is 0.855. The number of nitrogens with two attached hydrogens (primary N) is 1. The van der Waals surface area contributed by atoms with E-state index >= 15 is 0 Å². The summed E-state index contributed by atoms with van der Waals surface area (Å²) < 4.78 is 33.5. The van der Waals surface area contributed by atoms with Crippen molar-refractivity contribution in [1.29, 1.82) is 0 Å². The zero-order valence-corrected chi connectivity index (χ0v) is 13.0. The van der Waals surface area contributed by atoms with Gasteiger partial charge in [0.25, 0.3) is 0 Å². The first-order valence-electron chi connectivity index (χ1n) is 6.30. The molecule has 0 aliphatic heterocycles. The molecule has 0 aliphatic carbocycles. The van der Waals surface area contributed by atoms with Crippen molar-refractivity contribution in [1.82, 2.24) is 0 Å². The molecule has 1 atom stereocenters. The minimum Gasteiger partial charge on any atom is -0.497 e. The molecule has 0 radical (unpaired) electrons. The van der Waals surface area contributed by atoms with Crippen LogP contribution < -0.4 is 15.8 Å². The van der Waals surface area contributed by atoms with Gasteiger partial charge in [-0.15, -0.1) is 0 Å². The van der Waals surface area contributed by atoms with Crippen LogP contribution >= 0.6 is 15.9 Å². The molecular weight excluding hydrogens is 342 g/mol. The topological polar surface area (TPSA) is 47.3 Å². The minimum atomic E-state index is -0.542. The Morgan fingerprint density at radius 2 is 1.95 bits per heavy atom. The Kier molecular flexibility index (Phi) is 5.14. The second-order valence-electron chi connectivity index (χ2n) is 4.44. The van der Waals surface area contributed by atoms with E-state index in [9.17, 15) is 8.78 Å². The van der Waals surface area contributed by atoms with Gasteiger partial charge < -0.3 is 15.8 Å². The van der Waals surface area contributed by atoms with E-state index in [1.165, 1.54) is 31.4 Å². The van der Waals surface area contributed by atoms with Crippen molar-refractivity contribution in [3.63, 3.8) is 0 Å². The highest BCUT2D eigenvalue weighted by atomic mass is 79.9. The van der Waals surface area contributed by atoms with Gasteiger partial charge in [-0.2, -0.15) is 0 Å². The molecule has 1 unspecified atom stereocenters. The van der Waals surface area contributed by atoms with Crippen LogP contribution in [-0.2, 0) is 0 Å². The average Bonchev–Trinajstić information content (AvgIpc) is 2.47. The molecule has 0 aromatic heterocycles. The number of rotatable bonds is 5. The highest BCUT2D eigenvalue weighted by Gasteiger charge is 2.16. The lowest BCUT2D eigenvalue weighted by Crippen LogP contribution is -2.22. The Balaban J connectivity index is 2.30. The number of halogens is 3. The molecule has 0 amide bonds. The summed E-state index contributed by atoms with van der Waals surface area (Å²) in [5.74, 6) is -0.353. The fourth-order valence-corrected chi connectivity index (χ4v) is 2.31. The first-order chi connectivity index (χ1) is 10.0. The normalized spacial score (nSPS) is 12.0. The summed E-state index contributed by atoms with van der Waals surface area (Å²) in [4.78, 5) is 0. The third-order valence-corrected chi connectivity index (χ3v) is 3.57. The van der Waals surface area contributed by atoms with Crippen molar-refractivity contribution < 1.29 is 13.5 Å². The van der Waals surface area contributed by atoms with Crippen LogP contribution in [-0.4, -0.2) is 13.7 Å². The average molecular weight is 357 g/mol. The number of ether oxygens (including phenoxy) is 1. The van der Waals surface area contributed by atoms with Gasteiger partial charge in [0.1, 0.15) is 17.4 Å². The Bertz CT molecular complexity index is 637. The van der Waals surface area contributed by atoms with E-state index in [0.717, 1.165) is 0 Å². The van der Waals surface area contributed by atoms with Gasteiger partial charge in [0, 0.05) is 22.6 Å².